The maximum absolute atomic E-state index is 14.5. The quantitative estimate of drug-likeness (QED) is 0.0529. The Bertz CT molecular complexity index is 3340. The average Bonchev–Trinajstić information content (AvgIpc) is 3.73. The number of piperazine rings is 1. The molecule has 5 aromatic rings. The number of unbranched alkanes of at least 4 members (excludes halogenated alkanes) is 1. The van der Waals surface area contributed by atoms with Gasteiger partial charge in [-0.25, -0.2) is 13.4 Å². The van der Waals surface area contributed by atoms with Crippen LogP contribution in [0.4, 0.5) is 53.4 Å². The van der Waals surface area contributed by atoms with Gasteiger partial charge in [0.05, 0.1) is 47.3 Å². The Morgan fingerprint density at radius 1 is 0.934 bits per heavy atom. The van der Waals surface area contributed by atoms with Gasteiger partial charge in [0, 0.05) is 100 Å². The third-order valence-corrected chi connectivity index (χ3v) is 14.2. The number of carbonyl (C=O) groups is 4. The molecule has 3 fully saturated rings. The Labute approximate surface area is 436 Å². The number of amides is 4. The van der Waals surface area contributed by atoms with Crippen LogP contribution >= 0.6 is 0 Å². The number of hydrogen-bond acceptors (Lipinski definition) is 16. The van der Waals surface area contributed by atoms with Crippen LogP contribution in [0.25, 0.3) is 11.0 Å². The maximum atomic E-state index is 14.5. The zero-order chi connectivity index (χ0) is 53.7. The van der Waals surface area contributed by atoms with Gasteiger partial charge >= 0.3 is 6.18 Å². The van der Waals surface area contributed by atoms with Crippen LogP contribution < -0.4 is 35.6 Å². The molecule has 0 spiro atoms. The number of ether oxygens (including phenoxy) is 1. The lowest BCUT2D eigenvalue weighted by molar-refractivity contribution is -0.138. The highest BCUT2D eigenvalue weighted by Crippen LogP contribution is 2.42. The van der Waals surface area contributed by atoms with Gasteiger partial charge in [-0.05, 0) is 81.0 Å². The van der Waals surface area contributed by atoms with Crippen molar-refractivity contribution >= 4 is 84.9 Å². The minimum atomic E-state index is -4.93. The zero-order valence-corrected chi connectivity index (χ0v) is 42.6. The second-order valence-electron chi connectivity index (χ2n) is 18.6. The Kier molecular flexibility index (Phi) is 15.6. The summed E-state index contributed by atoms with van der Waals surface area (Å²) in [5.74, 6) is 9.39. The molecule has 76 heavy (non-hydrogen) atoms. The van der Waals surface area contributed by atoms with Crippen molar-refractivity contribution in [2.24, 2.45) is 0 Å². The average molecular weight is 1060 g/mol. The summed E-state index contributed by atoms with van der Waals surface area (Å²) in [5, 5.41) is 10.8. The number of halogens is 3. The maximum Gasteiger partial charge on any atom is 0.421 e. The molecule has 2 aromatic heterocycles. The summed E-state index contributed by atoms with van der Waals surface area (Å²) < 4.78 is 76.3. The van der Waals surface area contributed by atoms with Crippen molar-refractivity contribution in [3.63, 3.8) is 0 Å². The molecular weight excluding hydrogens is 1010 g/mol. The first-order valence-corrected chi connectivity index (χ1v) is 26.5. The molecule has 1 unspecified atom stereocenters. The highest BCUT2D eigenvalue weighted by molar-refractivity contribution is 7.92. The predicted octanol–water partition coefficient (Wildman–Crippen LogP) is 5.45. The summed E-state index contributed by atoms with van der Waals surface area (Å²) in [5.41, 5.74) is 2.27. The number of imide groups is 1. The molecule has 0 radical (unpaired) electrons. The van der Waals surface area contributed by atoms with Gasteiger partial charge in [-0.15, -0.1) is 0 Å². The first kappa shape index (κ1) is 52.8. The van der Waals surface area contributed by atoms with E-state index in [0.717, 1.165) is 69.4 Å². The van der Waals surface area contributed by atoms with Crippen LogP contribution in [0.5, 0.6) is 5.75 Å². The van der Waals surface area contributed by atoms with E-state index in [4.69, 9.17) is 4.74 Å². The van der Waals surface area contributed by atoms with Crippen molar-refractivity contribution < 1.29 is 45.5 Å². The summed E-state index contributed by atoms with van der Waals surface area (Å²) in [6.45, 7) is 7.68. The number of fused-ring (bicyclic) bond motifs is 2. The van der Waals surface area contributed by atoms with Gasteiger partial charge in [0.15, 0.2) is 0 Å². The van der Waals surface area contributed by atoms with Crippen LogP contribution in [0, 0.1) is 23.7 Å². The topological polar surface area (TPSA) is 236 Å². The molecule has 4 aliphatic rings. The molecule has 24 heteroatoms. The van der Waals surface area contributed by atoms with Crippen molar-refractivity contribution in [2.75, 3.05) is 84.8 Å². The van der Waals surface area contributed by atoms with E-state index in [0.29, 0.717) is 55.1 Å². The lowest BCUT2D eigenvalue weighted by atomic mass is 10.0. The molecule has 9 rings (SSSR count). The van der Waals surface area contributed by atoms with Gasteiger partial charge in [-0.2, -0.15) is 18.2 Å². The number of anilines is 7. The van der Waals surface area contributed by atoms with Crippen LogP contribution in [0.3, 0.4) is 0 Å². The van der Waals surface area contributed by atoms with E-state index < -0.39 is 45.4 Å². The number of carbonyl (C=O) groups excluding carboxylic acids is 4. The smallest absolute Gasteiger partial charge is 0.421 e. The van der Waals surface area contributed by atoms with Gasteiger partial charge in [0.2, 0.25) is 27.8 Å². The van der Waals surface area contributed by atoms with Crippen molar-refractivity contribution in [3.8, 4) is 29.4 Å². The summed E-state index contributed by atoms with van der Waals surface area (Å²) in [7, 11) is -2.50. The summed E-state index contributed by atoms with van der Waals surface area (Å²) in [4.78, 5) is 75.6. The Balaban J connectivity index is 0.826. The number of hydrogen-bond donors (Lipinski definition) is 5. The SMILES string of the molecule is CC#CC(=O)Nc1cc(Nc2ncc(C(F)(F)F)c(Nc3ccc4nccnc4c3NS(C)(=O)=O)n2)c(OC)cc1N1CCC(N2CCN(CCCC#Cc3cccc4c3CN(C3CCC(=O)NC3=O)C4=O)CC2)CC1. The number of nitrogens with zero attached hydrogens (tertiary/aromatic N) is 8. The van der Waals surface area contributed by atoms with Crippen LogP contribution in [0.15, 0.2) is 61.1 Å². The number of methoxy groups -OCH3 is 1. The van der Waals surface area contributed by atoms with Gasteiger partial charge in [-0.3, -0.25) is 44.1 Å². The Hall–Kier alpha value is -8.06. The van der Waals surface area contributed by atoms with Crippen LogP contribution in [-0.2, 0) is 37.1 Å². The van der Waals surface area contributed by atoms with Crippen molar-refractivity contribution in [2.45, 2.75) is 70.3 Å². The van der Waals surface area contributed by atoms with Crippen LogP contribution in [-0.4, -0.2) is 138 Å². The molecule has 396 valence electrons. The number of nitrogens with one attached hydrogen (secondary N) is 5. The molecule has 5 N–H and O–H groups in total. The first-order valence-electron chi connectivity index (χ1n) is 24.6. The van der Waals surface area contributed by atoms with E-state index in [1.54, 1.807) is 18.2 Å². The molecule has 6 heterocycles. The minimum Gasteiger partial charge on any atom is -0.494 e. The number of rotatable bonds is 14. The number of aromatic nitrogens is 4. The largest absolute Gasteiger partial charge is 0.494 e. The van der Waals surface area contributed by atoms with Crippen LogP contribution in [0.2, 0.25) is 0 Å². The van der Waals surface area contributed by atoms with E-state index in [9.17, 15) is 40.8 Å². The van der Waals surface area contributed by atoms with E-state index in [-0.39, 0.29) is 64.6 Å². The number of benzene rings is 3. The molecule has 4 aliphatic heterocycles. The minimum absolute atomic E-state index is 0.0832. The van der Waals surface area contributed by atoms with Crippen molar-refractivity contribution in [1.29, 1.82) is 0 Å². The van der Waals surface area contributed by atoms with E-state index >= 15 is 0 Å². The molecule has 0 aliphatic carbocycles. The van der Waals surface area contributed by atoms with Gasteiger partial charge in [0.1, 0.15) is 28.7 Å². The molecule has 3 saturated heterocycles. The number of sulfonamides is 1. The highest BCUT2D eigenvalue weighted by atomic mass is 32.2. The molecule has 1 atom stereocenters. The molecule has 0 bridgehead atoms. The number of alkyl halides is 3. The molecule has 3 aromatic carbocycles. The van der Waals surface area contributed by atoms with E-state index in [2.05, 4.69) is 84.3 Å². The Morgan fingerprint density at radius 3 is 2.43 bits per heavy atom. The van der Waals surface area contributed by atoms with Gasteiger partial charge in [-0.1, -0.05) is 23.8 Å². The molecule has 20 nitrogen and oxygen atoms in total. The van der Waals surface area contributed by atoms with Crippen molar-refractivity contribution in [3.05, 3.63) is 83.3 Å². The zero-order valence-electron chi connectivity index (χ0n) is 41.8. The predicted molar refractivity (Wildman–Crippen MR) is 279 cm³/mol. The first-order chi connectivity index (χ1) is 36.5. The highest BCUT2D eigenvalue weighted by Gasteiger charge is 2.40. The number of piperidine rings is 2. The normalized spacial score (nSPS) is 17.5. The molecule has 4 amide bonds. The lowest BCUT2D eigenvalue weighted by Crippen LogP contribution is -2.53. The Morgan fingerprint density at radius 2 is 1.71 bits per heavy atom. The second-order valence-corrected chi connectivity index (χ2v) is 20.4. The van der Waals surface area contributed by atoms with E-state index in [1.807, 2.05) is 12.1 Å². The van der Waals surface area contributed by atoms with Gasteiger partial charge < -0.3 is 35.4 Å². The standard InChI is InChI=1S/C52H54F3N13O7S/c1-4-9-44(69)59-39-28-40(61-51-58-30-36(52(53,54)55)48(63-51)60-38-14-13-37-46(57-20-19-56-37)47(38)64-76(3,73)74)43(75-2)29-42(39)67-22-17-33(18-23-67)66-26-24-65(25-27-66)21-7-5-6-10-32-11-8-12-34-35(32)31-68(50(34)72)41-15-16-45(70)62-49(41)71/h8,11-14,19-20,28-30,33,41,64H,5,7,15-18,21-27,31H2,1-3H3,(H,59,69)(H,62,70,71)(H2,58,60,61,63). The second kappa shape index (κ2) is 22.4. The van der Waals surface area contributed by atoms with E-state index in [1.165, 1.54) is 43.5 Å². The summed E-state index contributed by atoms with van der Waals surface area (Å²) in [6.07, 6.45) is 3.03. The summed E-state index contributed by atoms with van der Waals surface area (Å²) in [6, 6.07) is 11.3. The van der Waals surface area contributed by atoms with Crippen molar-refractivity contribution in [1.82, 2.24) is 40.0 Å². The van der Waals surface area contributed by atoms with Gasteiger partial charge in [0.25, 0.3) is 11.8 Å². The fraction of sp³-hybridized carbons (Fsp3) is 0.385. The summed E-state index contributed by atoms with van der Waals surface area (Å²) >= 11 is 0. The third-order valence-electron chi connectivity index (χ3n) is 13.6. The monoisotopic (exact) mass is 1060 g/mol. The molecule has 0 saturated carbocycles. The van der Waals surface area contributed by atoms with Crippen LogP contribution in [0.1, 0.15) is 72.5 Å². The lowest BCUT2D eigenvalue weighted by Gasteiger charge is -2.43. The molecular formula is C52H54F3N13O7S. The fourth-order valence-electron chi connectivity index (χ4n) is 9.96. The third kappa shape index (κ3) is 12.0. The fourth-order valence-corrected chi connectivity index (χ4v) is 10.5.